The van der Waals surface area contributed by atoms with E-state index in [1.165, 1.54) is 12.1 Å². The van der Waals surface area contributed by atoms with Crippen molar-refractivity contribution >= 4 is 17.5 Å². The summed E-state index contributed by atoms with van der Waals surface area (Å²) in [6, 6.07) is 3.66. The third kappa shape index (κ3) is 3.33. The van der Waals surface area contributed by atoms with Crippen molar-refractivity contribution < 1.29 is 14.0 Å². The summed E-state index contributed by atoms with van der Waals surface area (Å²) in [7, 11) is 0. The fraction of sp³-hybridized carbons (Fsp3) is 0.286. The molecule has 104 valence electrons. The van der Waals surface area contributed by atoms with Crippen molar-refractivity contribution in [2.24, 2.45) is 5.73 Å². The Balaban J connectivity index is 2.06. The number of nitrogens with one attached hydrogen (secondary N) is 2. The molecule has 6 heteroatoms. The highest BCUT2D eigenvalue weighted by Gasteiger charge is 2.27. The molecule has 1 unspecified atom stereocenters. The highest BCUT2D eigenvalue weighted by atomic mass is 19.1. The Morgan fingerprint density at radius 2 is 2.35 bits per heavy atom. The lowest BCUT2D eigenvalue weighted by atomic mass is 10.1. The Morgan fingerprint density at radius 3 is 2.95 bits per heavy atom. The van der Waals surface area contributed by atoms with E-state index in [2.05, 4.69) is 22.5 Å². The summed E-state index contributed by atoms with van der Waals surface area (Å²) in [5.41, 5.74) is 5.78. The van der Waals surface area contributed by atoms with Gasteiger partial charge in [-0.2, -0.15) is 0 Å². The van der Waals surface area contributed by atoms with E-state index in [4.69, 9.17) is 5.73 Å². The fourth-order valence-electron chi connectivity index (χ4n) is 1.88. The molecule has 0 saturated carbocycles. The van der Waals surface area contributed by atoms with Crippen LogP contribution in [-0.2, 0) is 9.59 Å². The molecule has 0 bridgehead atoms. The molecule has 2 rings (SSSR count). The van der Waals surface area contributed by atoms with Crippen LogP contribution in [0.1, 0.15) is 18.4 Å². The number of hydrogen-bond acceptors (Lipinski definition) is 3. The van der Waals surface area contributed by atoms with E-state index in [0.717, 1.165) is 0 Å². The molecular weight excluding hydrogens is 261 g/mol. The van der Waals surface area contributed by atoms with Crippen molar-refractivity contribution in [3.63, 3.8) is 0 Å². The van der Waals surface area contributed by atoms with Crippen LogP contribution in [0.3, 0.4) is 0 Å². The van der Waals surface area contributed by atoms with E-state index in [-0.39, 0.29) is 18.1 Å². The Kier molecular flexibility index (Phi) is 4.33. The van der Waals surface area contributed by atoms with Gasteiger partial charge in [-0.15, -0.1) is 0 Å². The fourth-order valence-corrected chi connectivity index (χ4v) is 1.88. The highest BCUT2D eigenvalue weighted by molar-refractivity contribution is 5.99. The standard InChI is InChI=1S/C14H14FN3O2/c15-10-8-9(2-1-7-16)3-4-11(10)18-14(20)12-5-6-13(19)17-12/h3-4,8,12H,5-7,16H2,(H,17,19)(H,18,20). The van der Waals surface area contributed by atoms with Gasteiger partial charge in [-0.1, -0.05) is 11.8 Å². The lowest BCUT2D eigenvalue weighted by molar-refractivity contribution is -0.122. The maximum absolute atomic E-state index is 13.8. The summed E-state index contributed by atoms with van der Waals surface area (Å²) < 4.78 is 13.8. The van der Waals surface area contributed by atoms with Crippen LogP contribution in [0.2, 0.25) is 0 Å². The molecule has 0 radical (unpaired) electrons. The summed E-state index contributed by atoms with van der Waals surface area (Å²) in [6.45, 7) is 0.196. The van der Waals surface area contributed by atoms with Crippen LogP contribution in [0.4, 0.5) is 10.1 Å². The van der Waals surface area contributed by atoms with Crippen molar-refractivity contribution in [1.82, 2.24) is 5.32 Å². The van der Waals surface area contributed by atoms with Gasteiger partial charge in [0.05, 0.1) is 12.2 Å². The second kappa shape index (κ2) is 6.17. The Bertz CT molecular complexity index is 604. The van der Waals surface area contributed by atoms with Crippen molar-refractivity contribution in [1.29, 1.82) is 0 Å². The van der Waals surface area contributed by atoms with Gasteiger partial charge in [-0.25, -0.2) is 4.39 Å². The normalized spacial score (nSPS) is 17.1. The lowest BCUT2D eigenvalue weighted by Crippen LogP contribution is -2.37. The number of nitrogens with two attached hydrogens (primary N) is 1. The monoisotopic (exact) mass is 275 g/mol. The topological polar surface area (TPSA) is 84.2 Å². The largest absolute Gasteiger partial charge is 0.344 e. The maximum Gasteiger partial charge on any atom is 0.247 e. The van der Waals surface area contributed by atoms with Gasteiger partial charge >= 0.3 is 0 Å². The zero-order valence-electron chi connectivity index (χ0n) is 10.7. The van der Waals surface area contributed by atoms with Gasteiger partial charge in [0.15, 0.2) is 0 Å². The number of benzene rings is 1. The summed E-state index contributed by atoms with van der Waals surface area (Å²) in [5.74, 6) is 4.15. The second-order valence-electron chi connectivity index (χ2n) is 4.35. The predicted octanol–water partition coefficient (Wildman–Crippen LogP) is 0.353. The van der Waals surface area contributed by atoms with Crippen molar-refractivity contribution in [3.05, 3.63) is 29.6 Å². The molecule has 5 nitrogen and oxygen atoms in total. The van der Waals surface area contributed by atoms with Gasteiger partial charge in [0.2, 0.25) is 11.8 Å². The molecule has 1 fully saturated rings. The molecule has 1 heterocycles. The number of carbonyl (C=O) groups excluding carboxylic acids is 2. The molecule has 2 amide bonds. The van der Waals surface area contributed by atoms with Crippen LogP contribution >= 0.6 is 0 Å². The summed E-state index contributed by atoms with van der Waals surface area (Å²) in [6.07, 6.45) is 0.737. The van der Waals surface area contributed by atoms with Gasteiger partial charge in [0, 0.05) is 12.0 Å². The zero-order chi connectivity index (χ0) is 14.5. The van der Waals surface area contributed by atoms with Gasteiger partial charge in [0.1, 0.15) is 11.9 Å². The number of amides is 2. The van der Waals surface area contributed by atoms with E-state index in [1.54, 1.807) is 6.07 Å². The molecule has 0 aromatic heterocycles. The lowest BCUT2D eigenvalue weighted by Gasteiger charge is -2.11. The minimum atomic E-state index is -0.599. The van der Waals surface area contributed by atoms with E-state index in [0.29, 0.717) is 18.4 Å². The van der Waals surface area contributed by atoms with E-state index >= 15 is 0 Å². The molecule has 0 aliphatic carbocycles. The first-order valence-corrected chi connectivity index (χ1v) is 6.19. The maximum atomic E-state index is 13.8. The molecule has 1 aliphatic rings. The number of hydrogen-bond donors (Lipinski definition) is 3. The Labute approximate surface area is 115 Å². The summed E-state index contributed by atoms with van der Waals surface area (Å²) in [4.78, 5) is 22.9. The SMILES string of the molecule is NCC#Cc1ccc(NC(=O)C2CCC(=O)N2)c(F)c1. The Hall–Kier alpha value is -2.39. The molecular formula is C14H14FN3O2. The van der Waals surface area contributed by atoms with E-state index in [1.807, 2.05) is 0 Å². The number of halogens is 1. The number of rotatable bonds is 2. The first-order chi connectivity index (χ1) is 9.60. The summed E-state index contributed by atoms with van der Waals surface area (Å²) in [5, 5.41) is 4.98. The van der Waals surface area contributed by atoms with Crippen LogP contribution in [0.15, 0.2) is 18.2 Å². The van der Waals surface area contributed by atoms with Gasteiger partial charge in [0.25, 0.3) is 0 Å². The summed E-state index contributed by atoms with van der Waals surface area (Å²) >= 11 is 0. The van der Waals surface area contributed by atoms with Crippen LogP contribution < -0.4 is 16.4 Å². The zero-order valence-corrected chi connectivity index (χ0v) is 10.7. The third-order valence-corrected chi connectivity index (χ3v) is 2.87. The number of carbonyl (C=O) groups is 2. The molecule has 4 N–H and O–H groups in total. The molecule has 0 spiro atoms. The second-order valence-corrected chi connectivity index (χ2v) is 4.35. The van der Waals surface area contributed by atoms with Gasteiger partial charge in [-0.05, 0) is 24.6 Å². The average Bonchev–Trinajstić information content (AvgIpc) is 2.86. The Morgan fingerprint density at radius 1 is 1.55 bits per heavy atom. The highest BCUT2D eigenvalue weighted by Crippen LogP contribution is 2.17. The smallest absolute Gasteiger partial charge is 0.247 e. The van der Waals surface area contributed by atoms with Gasteiger partial charge < -0.3 is 16.4 Å². The van der Waals surface area contributed by atoms with Crippen LogP contribution in [0.5, 0.6) is 0 Å². The predicted molar refractivity (Wildman–Crippen MR) is 72.1 cm³/mol. The average molecular weight is 275 g/mol. The van der Waals surface area contributed by atoms with Crippen LogP contribution in [0.25, 0.3) is 0 Å². The molecule has 1 aliphatic heterocycles. The first-order valence-electron chi connectivity index (χ1n) is 6.19. The van der Waals surface area contributed by atoms with E-state index < -0.39 is 17.8 Å². The van der Waals surface area contributed by atoms with Crippen LogP contribution in [-0.4, -0.2) is 24.4 Å². The van der Waals surface area contributed by atoms with Crippen molar-refractivity contribution in [2.45, 2.75) is 18.9 Å². The molecule has 20 heavy (non-hydrogen) atoms. The number of anilines is 1. The molecule has 1 aromatic rings. The van der Waals surface area contributed by atoms with Crippen molar-refractivity contribution in [3.8, 4) is 11.8 Å². The molecule has 1 aromatic carbocycles. The quantitative estimate of drug-likeness (QED) is 0.681. The van der Waals surface area contributed by atoms with Gasteiger partial charge in [-0.3, -0.25) is 9.59 Å². The molecule has 1 saturated heterocycles. The third-order valence-electron chi connectivity index (χ3n) is 2.87. The minimum Gasteiger partial charge on any atom is -0.344 e. The van der Waals surface area contributed by atoms with E-state index in [9.17, 15) is 14.0 Å². The minimum absolute atomic E-state index is 0.0643. The first kappa shape index (κ1) is 14.0. The van der Waals surface area contributed by atoms with Crippen LogP contribution in [0, 0.1) is 17.7 Å². The molecule has 1 atom stereocenters. The van der Waals surface area contributed by atoms with Crippen molar-refractivity contribution in [2.75, 3.05) is 11.9 Å².